The molecule has 3 aromatic rings. The lowest BCUT2D eigenvalue weighted by molar-refractivity contribution is -0.114. The third kappa shape index (κ3) is 2.54. The SMILES string of the molecule is COc1ccc2c(=O)cc(-c3ccc4c(c3)NCC(=O)N4)oc2c1OC. The summed E-state index contributed by atoms with van der Waals surface area (Å²) in [5.41, 5.74) is 2.31. The highest BCUT2D eigenvalue weighted by molar-refractivity contribution is 6.01. The normalized spacial score (nSPS) is 12.9. The largest absolute Gasteiger partial charge is 0.493 e. The van der Waals surface area contributed by atoms with Gasteiger partial charge in [-0.25, -0.2) is 0 Å². The van der Waals surface area contributed by atoms with Gasteiger partial charge < -0.3 is 24.5 Å². The maximum Gasteiger partial charge on any atom is 0.243 e. The fourth-order valence-corrected chi connectivity index (χ4v) is 3.00. The highest BCUT2D eigenvalue weighted by Crippen LogP contribution is 2.37. The minimum Gasteiger partial charge on any atom is -0.493 e. The number of hydrogen-bond acceptors (Lipinski definition) is 6. The van der Waals surface area contributed by atoms with Gasteiger partial charge in [-0.05, 0) is 30.3 Å². The van der Waals surface area contributed by atoms with Gasteiger partial charge in [0.15, 0.2) is 16.8 Å². The van der Waals surface area contributed by atoms with Crippen LogP contribution >= 0.6 is 0 Å². The first-order valence-corrected chi connectivity index (χ1v) is 7.97. The zero-order valence-electron chi connectivity index (χ0n) is 14.2. The second-order valence-electron chi connectivity index (χ2n) is 5.81. The summed E-state index contributed by atoms with van der Waals surface area (Å²) in [6.07, 6.45) is 0. The highest BCUT2D eigenvalue weighted by atomic mass is 16.5. The Morgan fingerprint density at radius 3 is 2.62 bits per heavy atom. The van der Waals surface area contributed by atoms with Crippen molar-refractivity contribution in [3.8, 4) is 22.8 Å². The Bertz CT molecular complexity index is 1090. The average Bonchev–Trinajstić information content (AvgIpc) is 2.66. The number of hydrogen-bond donors (Lipinski definition) is 2. The minimum absolute atomic E-state index is 0.0979. The number of carbonyl (C=O) groups excluding carboxylic acids is 1. The first-order chi connectivity index (χ1) is 12.6. The van der Waals surface area contributed by atoms with E-state index in [-0.39, 0.29) is 17.9 Å². The van der Waals surface area contributed by atoms with Crippen LogP contribution in [-0.2, 0) is 4.79 Å². The van der Waals surface area contributed by atoms with Gasteiger partial charge in [-0.1, -0.05) is 0 Å². The summed E-state index contributed by atoms with van der Waals surface area (Å²) in [6, 6.07) is 10.1. The molecule has 0 radical (unpaired) electrons. The maximum atomic E-state index is 12.5. The number of amides is 1. The zero-order valence-corrected chi connectivity index (χ0v) is 14.2. The lowest BCUT2D eigenvalue weighted by Gasteiger charge is -2.19. The predicted octanol–water partition coefficient (Wildman–Crippen LogP) is 2.84. The molecule has 1 amide bonds. The lowest BCUT2D eigenvalue weighted by atomic mass is 10.1. The zero-order chi connectivity index (χ0) is 18.3. The van der Waals surface area contributed by atoms with Crippen LogP contribution in [0.2, 0.25) is 0 Å². The van der Waals surface area contributed by atoms with Crippen LogP contribution in [-0.4, -0.2) is 26.7 Å². The van der Waals surface area contributed by atoms with Crippen LogP contribution in [0.3, 0.4) is 0 Å². The van der Waals surface area contributed by atoms with Gasteiger partial charge in [-0.2, -0.15) is 0 Å². The molecule has 1 aromatic heterocycles. The second-order valence-corrected chi connectivity index (χ2v) is 5.81. The summed E-state index contributed by atoms with van der Waals surface area (Å²) >= 11 is 0. The van der Waals surface area contributed by atoms with Gasteiger partial charge in [0.1, 0.15) is 5.76 Å². The maximum absolute atomic E-state index is 12.5. The highest BCUT2D eigenvalue weighted by Gasteiger charge is 2.18. The molecule has 2 heterocycles. The molecule has 0 aliphatic carbocycles. The molecule has 132 valence electrons. The summed E-state index contributed by atoms with van der Waals surface area (Å²) in [6.45, 7) is 0.198. The smallest absolute Gasteiger partial charge is 0.243 e. The fourth-order valence-electron chi connectivity index (χ4n) is 3.00. The lowest BCUT2D eigenvalue weighted by Crippen LogP contribution is -2.27. The van der Waals surface area contributed by atoms with Crippen LogP contribution in [0, 0.1) is 0 Å². The standard InChI is InChI=1S/C19H16N2O5/c1-24-15-6-4-11-14(22)8-16(26-18(11)19(15)25-2)10-3-5-12-13(7-10)20-9-17(23)21-12/h3-8,20H,9H2,1-2H3,(H,21,23). The summed E-state index contributed by atoms with van der Waals surface area (Å²) in [5, 5.41) is 6.23. The molecule has 0 fully saturated rings. The van der Waals surface area contributed by atoms with Crippen LogP contribution in [0.5, 0.6) is 11.5 Å². The molecule has 0 atom stereocenters. The molecule has 0 saturated carbocycles. The molecule has 0 spiro atoms. The Morgan fingerprint density at radius 2 is 1.85 bits per heavy atom. The number of rotatable bonds is 3. The third-order valence-corrected chi connectivity index (χ3v) is 4.26. The van der Waals surface area contributed by atoms with E-state index in [0.29, 0.717) is 39.5 Å². The van der Waals surface area contributed by atoms with Crippen molar-refractivity contribution in [1.82, 2.24) is 0 Å². The summed E-state index contributed by atoms with van der Waals surface area (Å²) in [4.78, 5) is 24.0. The van der Waals surface area contributed by atoms with E-state index >= 15 is 0 Å². The molecular formula is C19H16N2O5. The molecule has 0 bridgehead atoms. The Balaban J connectivity index is 1.90. The summed E-state index contributed by atoms with van der Waals surface area (Å²) in [5.74, 6) is 1.15. The molecule has 0 unspecified atom stereocenters. The van der Waals surface area contributed by atoms with Crippen LogP contribution in [0.1, 0.15) is 0 Å². The number of nitrogens with one attached hydrogen (secondary N) is 2. The molecule has 2 N–H and O–H groups in total. The van der Waals surface area contributed by atoms with E-state index < -0.39 is 0 Å². The molecule has 2 aromatic carbocycles. The molecule has 1 aliphatic rings. The van der Waals surface area contributed by atoms with Gasteiger partial charge in [0.2, 0.25) is 11.7 Å². The fraction of sp³-hybridized carbons (Fsp3) is 0.158. The van der Waals surface area contributed by atoms with E-state index in [1.165, 1.54) is 20.3 Å². The minimum atomic E-state index is -0.179. The van der Waals surface area contributed by atoms with Crippen molar-refractivity contribution >= 4 is 28.3 Å². The summed E-state index contributed by atoms with van der Waals surface area (Å²) < 4.78 is 16.6. The molecule has 0 saturated heterocycles. The van der Waals surface area contributed by atoms with Crippen LogP contribution in [0.25, 0.3) is 22.3 Å². The quantitative estimate of drug-likeness (QED) is 0.753. The number of methoxy groups -OCH3 is 2. The predicted molar refractivity (Wildman–Crippen MR) is 98.1 cm³/mol. The van der Waals surface area contributed by atoms with Crippen LogP contribution in [0.4, 0.5) is 11.4 Å². The Hall–Kier alpha value is -3.48. The Kier molecular flexibility index (Phi) is 3.76. The van der Waals surface area contributed by atoms with Crippen LogP contribution < -0.4 is 25.5 Å². The van der Waals surface area contributed by atoms with Crippen LogP contribution in [0.15, 0.2) is 45.6 Å². The number of fused-ring (bicyclic) bond motifs is 2. The molecule has 26 heavy (non-hydrogen) atoms. The van der Waals surface area contributed by atoms with Crippen molar-refractivity contribution in [2.45, 2.75) is 0 Å². The number of benzene rings is 2. The average molecular weight is 352 g/mol. The number of ether oxygens (including phenoxy) is 2. The van der Waals surface area contributed by atoms with E-state index in [9.17, 15) is 9.59 Å². The van der Waals surface area contributed by atoms with E-state index in [1.807, 2.05) is 6.07 Å². The van der Waals surface area contributed by atoms with E-state index in [2.05, 4.69) is 10.6 Å². The molecule has 1 aliphatic heterocycles. The third-order valence-electron chi connectivity index (χ3n) is 4.26. The second kappa shape index (κ2) is 6.11. The first kappa shape index (κ1) is 16.0. The van der Waals surface area contributed by atoms with Crippen molar-refractivity contribution in [2.75, 3.05) is 31.4 Å². The topological polar surface area (TPSA) is 89.8 Å². The van der Waals surface area contributed by atoms with Crippen molar-refractivity contribution in [3.05, 3.63) is 46.6 Å². The van der Waals surface area contributed by atoms with Gasteiger partial charge in [-0.3, -0.25) is 9.59 Å². The van der Waals surface area contributed by atoms with Gasteiger partial charge in [0, 0.05) is 11.6 Å². The first-order valence-electron chi connectivity index (χ1n) is 7.97. The monoisotopic (exact) mass is 352 g/mol. The van der Waals surface area contributed by atoms with Crippen molar-refractivity contribution < 1.29 is 18.7 Å². The van der Waals surface area contributed by atoms with Crippen molar-refractivity contribution in [2.24, 2.45) is 0 Å². The van der Waals surface area contributed by atoms with Gasteiger partial charge in [0.05, 0.1) is 37.5 Å². The molecule has 4 rings (SSSR count). The Labute approximate surface area is 148 Å². The van der Waals surface area contributed by atoms with E-state index in [0.717, 1.165) is 5.69 Å². The Morgan fingerprint density at radius 1 is 1.00 bits per heavy atom. The molecule has 7 heteroatoms. The van der Waals surface area contributed by atoms with Crippen molar-refractivity contribution in [1.29, 1.82) is 0 Å². The van der Waals surface area contributed by atoms with E-state index in [1.54, 1.807) is 24.3 Å². The number of carbonyl (C=O) groups is 1. The van der Waals surface area contributed by atoms with Gasteiger partial charge in [-0.15, -0.1) is 0 Å². The molecule has 7 nitrogen and oxygen atoms in total. The van der Waals surface area contributed by atoms with Crippen molar-refractivity contribution in [3.63, 3.8) is 0 Å². The van der Waals surface area contributed by atoms with Gasteiger partial charge in [0.25, 0.3) is 0 Å². The van der Waals surface area contributed by atoms with E-state index in [4.69, 9.17) is 13.9 Å². The molecular weight excluding hydrogens is 336 g/mol. The number of anilines is 2. The van der Waals surface area contributed by atoms with Gasteiger partial charge >= 0.3 is 0 Å². The summed E-state index contributed by atoms with van der Waals surface area (Å²) in [7, 11) is 3.02.